The van der Waals surface area contributed by atoms with E-state index in [-0.39, 0.29) is 0 Å². The summed E-state index contributed by atoms with van der Waals surface area (Å²) in [6.45, 7) is 7.70. The summed E-state index contributed by atoms with van der Waals surface area (Å²) in [7, 11) is 1.69. The van der Waals surface area contributed by atoms with E-state index < -0.39 is 0 Å². The molecule has 3 heterocycles. The highest BCUT2D eigenvalue weighted by molar-refractivity contribution is 7.22. The van der Waals surface area contributed by atoms with Gasteiger partial charge in [-0.1, -0.05) is 6.92 Å². The molecule has 0 atom stereocenters. The van der Waals surface area contributed by atoms with Gasteiger partial charge in [0.25, 0.3) is 0 Å². The van der Waals surface area contributed by atoms with E-state index in [2.05, 4.69) is 44.9 Å². The Kier molecular flexibility index (Phi) is 5.04. The van der Waals surface area contributed by atoms with Crippen LogP contribution in [0.1, 0.15) is 13.3 Å². The third kappa shape index (κ3) is 3.39. The molecule has 0 saturated carbocycles. The fourth-order valence-electron chi connectivity index (χ4n) is 3.46. The fraction of sp³-hybridized carbons (Fsp3) is 0.400. The van der Waals surface area contributed by atoms with Gasteiger partial charge in [-0.15, -0.1) is 11.3 Å². The lowest BCUT2D eigenvalue weighted by Crippen LogP contribution is -2.46. The van der Waals surface area contributed by atoms with E-state index in [9.17, 15) is 0 Å². The van der Waals surface area contributed by atoms with Crippen LogP contribution in [0.5, 0.6) is 5.75 Å². The van der Waals surface area contributed by atoms with Gasteiger partial charge in [0.15, 0.2) is 0 Å². The molecule has 6 heteroatoms. The van der Waals surface area contributed by atoms with E-state index in [0.717, 1.165) is 43.3 Å². The molecule has 0 bridgehead atoms. The van der Waals surface area contributed by atoms with E-state index in [1.165, 1.54) is 28.1 Å². The number of thiophene rings is 1. The number of aromatic nitrogens is 2. The van der Waals surface area contributed by atoms with Gasteiger partial charge in [-0.3, -0.25) is 4.90 Å². The quantitative estimate of drug-likeness (QED) is 0.683. The van der Waals surface area contributed by atoms with Crippen LogP contribution in [0, 0.1) is 0 Å². The number of anilines is 1. The summed E-state index contributed by atoms with van der Waals surface area (Å²) >= 11 is 1.77. The molecule has 0 spiro atoms. The molecule has 0 unspecified atom stereocenters. The number of hydrogen-bond acceptors (Lipinski definition) is 6. The predicted octanol–water partition coefficient (Wildman–Crippen LogP) is 3.90. The van der Waals surface area contributed by atoms with Crippen molar-refractivity contribution >= 4 is 27.4 Å². The molecule has 0 N–H and O–H groups in total. The lowest BCUT2D eigenvalue weighted by molar-refractivity contribution is 0.258. The Morgan fingerprint density at radius 2 is 1.85 bits per heavy atom. The highest BCUT2D eigenvalue weighted by Crippen LogP contribution is 2.37. The Balaban J connectivity index is 1.61. The van der Waals surface area contributed by atoms with Gasteiger partial charge in [0.05, 0.1) is 17.3 Å². The van der Waals surface area contributed by atoms with E-state index in [4.69, 9.17) is 4.74 Å². The summed E-state index contributed by atoms with van der Waals surface area (Å²) in [6, 6.07) is 10.4. The minimum atomic E-state index is 0.875. The summed E-state index contributed by atoms with van der Waals surface area (Å²) in [5.74, 6) is 1.95. The number of ether oxygens (including phenoxy) is 1. The van der Waals surface area contributed by atoms with E-state index in [1.807, 2.05) is 12.1 Å². The lowest BCUT2D eigenvalue weighted by atomic mass is 10.2. The first kappa shape index (κ1) is 17.2. The van der Waals surface area contributed by atoms with Gasteiger partial charge in [-0.2, -0.15) is 0 Å². The molecular weight excluding hydrogens is 344 g/mol. The Morgan fingerprint density at radius 1 is 1.08 bits per heavy atom. The van der Waals surface area contributed by atoms with Crippen LogP contribution in [-0.2, 0) is 0 Å². The molecule has 0 amide bonds. The van der Waals surface area contributed by atoms with E-state index >= 15 is 0 Å². The smallest absolute Gasteiger partial charge is 0.150 e. The molecule has 1 aliphatic heterocycles. The lowest BCUT2D eigenvalue weighted by Gasteiger charge is -2.35. The van der Waals surface area contributed by atoms with Crippen molar-refractivity contribution in [2.45, 2.75) is 13.3 Å². The van der Waals surface area contributed by atoms with Gasteiger partial charge >= 0.3 is 0 Å². The van der Waals surface area contributed by atoms with Crippen molar-refractivity contribution in [1.82, 2.24) is 14.9 Å². The van der Waals surface area contributed by atoms with Gasteiger partial charge in [0.1, 0.15) is 17.9 Å². The van der Waals surface area contributed by atoms with Crippen LogP contribution >= 0.6 is 11.3 Å². The van der Waals surface area contributed by atoms with Crippen LogP contribution in [0.15, 0.2) is 36.7 Å². The largest absolute Gasteiger partial charge is 0.497 e. The highest BCUT2D eigenvalue weighted by atomic mass is 32.1. The topological polar surface area (TPSA) is 41.5 Å². The molecule has 0 aliphatic carbocycles. The Morgan fingerprint density at radius 3 is 2.54 bits per heavy atom. The third-order valence-electron chi connectivity index (χ3n) is 4.88. The predicted molar refractivity (Wildman–Crippen MR) is 108 cm³/mol. The SMILES string of the molecule is CCCN1CCN(c2ncnc3cc(-c4ccc(OC)cc4)sc23)CC1. The van der Waals surface area contributed by atoms with Gasteiger partial charge < -0.3 is 9.64 Å². The molecule has 2 aromatic heterocycles. The first-order valence-electron chi connectivity index (χ1n) is 9.14. The average molecular weight is 369 g/mol. The van der Waals surface area contributed by atoms with Gasteiger partial charge in [0, 0.05) is 31.1 Å². The second-order valence-electron chi connectivity index (χ2n) is 6.58. The Labute approximate surface area is 158 Å². The molecule has 3 aromatic rings. The monoisotopic (exact) mass is 368 g/mol. The Bertz CT molecular complexity index is 869. The maximum atomic E-state index is 5.26. The van der Waals surface area contributed by atoms with Crippen LogP contribution in [0.25, 0.3) is 20.7 Å². The summed E-state index contributed by atoms with van der Waals surface area (Å²) in [5.41, 5.74) is 2.22. The molecule has 26 heavy (non-hydrogen) atoms. The van der Waals surface area contributed by atoms with Gasteiger partial charge in [-0.25, -0.2) is 9.97 Å². The first-order chi connectivity index (χ1) is 12.8. The standard InChI is InChI=1S/C20H24N4OS/c1-3-8-23-9-11-24(12-10-23)20-19-17(21-14-22-20)13-18(26-19)15-4-6-16(25-2)7-5-15/h4-7,13-14H,3,8-12H2,1-2H3. The van der Waals surface area contributed by atoms with Crippen molar-refractivity contribution in [1.29, 1.82) is 0 Å². The van der Waals surface area contributed by atoms with Crippen molar-refractivity contribution in [3.63, 3.8) is 0 Å². The van der Waals surface area contributed by atoms with Crippen LogP contribution in [0.2, 0.25) is 0 Å². The number of piperazine rings is 1. The molecule has 5 nitrogen and oxygen atoms in total. The van der Waals surface area contributed by atoms with Gasteiger partial charge in [-0.05, 0) is 48.9 Å². The molecule has 1 fully saturated rings. The van der Waals surface area contributed by atoms with Crippen molar-refractivity contribution in [3.8, 4) is 16.2 Å². The summed E-state index contributed by atoms with van der Waals surface area (Å²) in [4.78, 5) is 15.3. The molecular formula is C20H24N4OS. The minimum absolute atomic E-state index is 0.875. The summed E-state index contributed by atoms with van der Waals surface area (Å²) in [6.07, 6.45) is 2.91. The van der Waals surface area contributed by atoms with Crippen molar-refractivity contribution in [2.24, 2.45) is 0 Å². The first-order valence-corrected chi connectivity index (χ1v) is 9.96. The maximum absolute atomic E-state index is 5.26. The zero-order valence-electron chi connectivity index (χ0n) is 15.3. The second kappa shape index (κ2) is 7.60. The van der Waals surface area contributed by atoms with Crippen LogP contribution in [0.4, 0.5) is 5.82 Å². The minimum Gasteiger partial charge on any atom is -0.497 e. The zero-order chi connectivity index (χ0) is 17.9. The number of fused-ring (bicyclic) bond motifs is 1. The van der Waals surface area contributed by atoms with Crippen molar-refractivity contribution in [3.05, 3.63) is 36.7 Å². The van der Waals surface area contributed by atoms with Crippen molar-refractivity contribution in [2.75, 3.05) is 44.7 Å². The van der Waals surface area contributed by atoms with Crippen LogP contribution < -0.4 is 9.64 Å². The third-order valence-corrected chi connectivity index (χ3v) is 6.05. The molecule has 136 valence electrons. The van der Waals surface area contributed by atoms with Crippen LogP contribution in [0.3, 0.4) is 0 Å². The number of hydrogen-bond donors (Lipinski definition) is 0. The maximum Gasteiger partial charge on any atom is 0.150 e. The fourth-order valence-corrected chi connectivity index (χ4v) is 4.60. The van der Waals surface area contributed by atoms with Crippen LogP contribution in [-0.4, -0.2) is 54.7 Å². The molecule has 1 aliphatic rings. The van der Waals surface area contributed by atoms with Crippen molar-refractivity contribution < 1.29 is 4.74 Å². The number of benzene rings is 1. The Hall–Kier alpha value is -2.18. The zero-order valence-corrected chi connectivity index (χ0v) is 16.1. The molecule has 1 aromatic carbocycles. The summed E-state index contributed by atoms with van der Waals surface area (Å²) < 4.78 is 6.44. The number of nitrogens with zero attached hydrogens (tertiary/aromatic N) is 4. The molecule has 0 radical (unpaired) electrons. The average Bonchev–Trinajstić information content (AvgIpc) is 3.13. The number of rotatable bonds is 5. The van der Waals surface area contributed by atoms with E-state index in [1.54, 1.807) is 24.8 Å². The number of methoxy groups -OCH3 is 1. The molecule has 1 saturated heterocycles. The summed E-state index contributed by atoms with van der Waals surface area (Å²) in [5, 5.41) is 0. The van der Waals surface area contributed by atoms with Gasteiger partial charge in [0.2, 0.25) is 0 Å². The van der Waals surface area contributed by atoms with E-state index in [0.29, 0.717) is 0 Å². The second-order valence-corrected chi connectivity index (χ2v) is 7.63. The normalized spacial score (nSPS) is 15.5. The molecule has 4 rings (SSSR count). The highest BCUT2D eigenvalue weighted by Gasteiger charge is 2.20.